The molecule has 0 saturated carbocycles. The van der Waals surface area contributed by atoms with E-state index in [9.17, 15) is 14.4 Å². The second kappa shape index (κ2) is 8.88. The summed E-state index contributed by atoms with van der Waals surface area (Å²) in [6, 6.07) is 14.5. The topological polar surface area (TPSA) is 78.8 Å². The largest absolute Gasteiger partial charge is 0.325 e. The van der Waals surface area contributed by atoms with Crippen molar-refractivity contribution in [3.8, 4) is 0 Å². The fraction of sp³-hybridized carbons (Fsp3) is 0.200. The van der Waals surface area contributed by atoms with E-state index in [-0.39, 0.29) is 30.6 Å². The number of ketones is 1. The van der Waals surface area contributed by atoms with Crippen LogP contribution < -0.4 is 10.2 Å². The lowest BCUT2D eigenvalue weighted by Gasteiger charge is -2.23. The molecule has 1 aliphatic heterocycles. The molecule has 2 aromatic carbocycles. The average Bonchev–Trinajstić information content (AvgIpc) is 3.25. The van der Waals surface area contributed by atoms with Gasteiger partial charge < -0.3 is 10.2 Å². The second-order valence-electron chi connectivity index (χ2n) is 7.80. The van der Waals surface area contributed by atoms with E-state index in [0.717, 1.165) is 16.0 Å². The van der Waals surface area contributed by atoms with Gasteiger partial charge in [-0.05, 0) is 67.6 Å². The quantitative estimate of drug-likeness (QED) is 0.557. The maximum Gasteiger partial charge on any atom is 0.244 e. The summed E-state index contributed by atoms with van der Waals surface area (Å²) in [5, 5.41) is 4.75. The summed E-state index contributed by atoms with van der Waals surface area (Å²) < 4.78 is 0. The van der Waals surface area contributed by atoms with Crippen LogP contribution in [0.2, 0.25) is 0 Å². The van der Waals surface area contributed by atoms with Crippen molar-refractivity contribution in [3.05, 3.63) is 75.5 Å². The lowest BCUT2D eigenvalue weighted by atomic mass is 10.1. The number of thiophene rings is 1. The number of anilines is 2. The number of amides is 2. The van der Waals surface area contributed by atoms with Crippen molar-refractivity contribution in [3.63, 3.8) is 0 Å². The predicted molar refractivity (Wildman–Crippen MR) is 128 cm³/mol. The van der Waals surface area contributed by atoms with Crippen LogP contribution in [0.15, 0.2) is 58.9 Å². The zero-order valence-electron chi connectivity index (χ0n) is 18.1. The number of aliphatic imine (C=N–C) groups is 1. The molecule has 0 fully saturated rings. The molecular formula is C25H23N3O3S. The van der Waals surface area contributed by atoms with Gasteiger partial charge in [-0.3, -0.25) is 14.4 Å². The van der Waals surface area contributed by atoms with Gasteiger partial charge in [-0.25, -0.2) is 4.99 Å². The Labute approximate surface area is 190 Å². The maximum absolute atomic E-state index is 13.2. The van der Waals surface area contributed by atoms with Crippen LogP contribution in [0.25, 0.3) is 0 Å². The number of Topliss-reactive ketones (excluding diaryl/α,β-unsaturated/α-hetero) is 1. The number of benzene rings is 2. The first-order valence-electron chi connectivity index (χ1n) is 10.3. The summed E-state index contributed by atoms with van der Waals surface area (Å²) in [6.45, 7) is 5.30. The van der Waals surface area contributed by atoms with E-state index in [0.29, 0.717) is 28.3 Å². The Morgan fingerprint density at radius 1 is 1.09 bits per heavy atom. The number of aryl methyl sites for hydroxylation is 2. The van der Waals surface area contributed by atoms with E-state index < -0.39 is 0 Å². The van der Waals surface area contributed by atoms with Gasteiger partial charge in [0.15, 0.2) is 5.78 Å². The lowest BCUT2D eigenvalue weighted by molar-refractivity contribution is -0.120. The SMILES string of the molecule is CC(=O)c1cccc(NC(=O)CN2C(=O)CC(c3cccs3)=Nc3cc(C)c(C)cc32)c1. The number of rotatable bonds is 5. The first-order valence-corrected chi connectivity index (χ1v) is 11.1. The third-order valence-corrected chi connectivity index (χ3v) is 6.34. The van der Waals surface area contributed by atoms with Gasteiger partial charge in [-0.2, -0.15) is 0 Å². The Kier molecular flexibility index (Phi) is 6.01. The van der Waals surface area contributed by atoms with Gasteiger partial charge in [-0.15, -0.1) is 11.3 Å². The van der Waals surface area contributed by atoms with E-state index in [4.69, 9.17) is 4.99 Å². The number of nitrogens with zero attached hydrogens (tertiary/aromatic N) is 2. The van der Waals surface area contributed by atoms with E-state index in [1.54, 1.807) is 24.3 Å². The van der Waals surface area contributed by atoms with E-state index in [2.05, 4.69) is 5.32 Å². The molecule has 2 amide bonds. The van der Waals surface area contributed by atoms with Gasteiger partial charge in [0.2, 0.25) is 11.8 Å². The number of hydrogen-bond acceptors (Lipinski definition) is 5. The molecule has 0 aliphatic carbocycles. The van der Waals surface area contributed by atoms with Gasteiger partial charge in [0.05, 0.1) is 23.5 Å². The second-order valence-corrected chi connectivity index (χ2v) is 8.75. The number of carbonyl (C=O) groups excluding carboxylic acids is 3. The molecule has 4 rings (SSSR count). The Hall–Kier alpha value is -3.58. The minimum Gasteiger partial charge on any atom is -0.325 e. The van der Waals surface area contributed by atoms with Crippen LogP contribution in [0.3, 0.4) is 0 Å². The summed E-state index contributed by atoms with van der Waals surface area (Å²) in [6.07, 6.45) is 0.111. The first kappa shape index (κ1) is 21.6. The summed E-state index contributed by atoms with van der Waals surface area (Å²) in [5.74, 6) is -0.614. The molecule has 2 heterocycles. The molecule has 1 N–H and O–H groups in total. The minimum absolute atomic E-state index is 0.0816. The van der Waals surface area contributed by atoms with Gasteiger partial charge in [0.25, 0.3) is 0 Å². The number of nitrogens with one attached hydrogen (secondary N) is 1. The molecule has 32 heavy (non-hydrogen) atoms. The van der Waals surface area contributed by atoms with Crippen molar-refractivity contribution >= 4 is 51.7 Å². The van der Waals surface area contributed by atoms with Crippen molar-refractivity contribution in [2.75, 3.05) is 16.8 Å². The van der Waals surface area contributed by atoms with Crippen molar-refractivity contribution in [2.24, 2.45) is 4.99 Å². The highest BCUT2D eigenvalue weighted by Gasteiger charge is 2.27. The summed E-state index contributed by atoms with van der Waals surface area (Å²) >= 11 is 1.53. The van der Waals surface area contributed by atoms with Crippen molar-refractivity contribution in [1.29, 1.82) is 0 Å². The van der Waals surface area contributed by atoms with Crippen LogP contribution in [0.1, 0.15) is 39.7 Å². The Balaban J connectivity index is 1.64. The van der Waals surface area contributed by atoms with E-state index in [1.807, 2.05) is 43.5 Å². The Bertz CT molecular complexity index is 1250. The molecular weight excluding hydrogens is 422 g/mol. The van der Waals surface area contributed by atoms with E-state index in [1.165, 1.54) is 23.2 Å². The summed E-state index contributed by atoms with van der Waals surface area (Å²) in [7, 11) is 0. The molecule has 0 radical (unpaired) electrons. The third-order valence-electron chi connectivity index (χ3n) is 5.42. The zero-order chi connectivity index (χ0) is 22.8. The highest BCUT2D eigenvalue weighted by atomic mass is 32.1. The van der Waals surface area contributed by atoms with Gasteiger partial charge in [0.1, 0.15) is 6.54 Å². The molecule has 0 saturated heterocycles. The third kappa shape index (κ3) is 4.53. The summed E-state index contributed by atoms with van der Waals surface area (Å²) in [4.78, 5) is 45.0. The number of hydrogen-bond donors (Lipinski definition) is 1. The highest BCUT2D eigenvalue weighted by Crippen LogP contribution is 2.36. The molecule has 0 bridgehead atoms. The molecule has 1 aromatic heterocycles. The smallest absolute Gasteiger partial charge is 0.244 e. The number of fused-ring (bicyclic) bond motifs is 1. The molecule has 6 nitrogen and oxygen atoms in total. The highest BCUT2D eigenvalue weighted by molar-refractivity contribution is 7.12. The van der Waals surface area contributed by atoms with Crippen LogP contribution >= 0.6 is 11.3 Å². The molecule has 0 atom stereocenters. The molecule has 162 valence electrons. The van der Waals surface area contributed by atoms with Crippen molar-refractivity contribution in [2.45, 2.75) is 27.2 Å². The fourth-order valence-electron chi connectivity index (χ4n) is 3.57. The predicted octanol–water partition coefficient (Wildman–Crippen LogP) is 5.06. The van der Waals surface area contributed by atoms with Gasteiger partial charge >= 0.3 is 0 Å². The van der Waals surface area contributed by atoms with Crippen molar-refractivity contribution < 1.29 is 14.4 Å². The van der Waals surface area contributed by atoms with Crippen molar-refractivity contribution in [1.82, 2.24) is 0 Å². The average molecular weight is 446 g/mol. The van der Waals surface area contributed by atoms with Crippen LogP contribution in [0.5, 0.6) is 0 Å². The molecule has 0 spiro atoms. The molecule has 1 aliphatic rings. The van der Waals surface area contributed by atoms with Crippen LogP contribution in [0.4, 0.5) is 17.1 Å². The first-order chi connectivity index (χ1) is 15.3. The Morgan fingerprint density at radius 3 is 2.59 bits per heavy atom. The van der Waals surface area contributed by atoms with Crippen LogP contribution in [-0.2, 0) is 9.59 Å². The van der Waals surface area contributed by atoms with E-state index >= 15 is 0 Å². The monoisotopic (exact) mass is 445 g/mol. The molecule has 7 heteroatoms. The minimum atomic E-state index is -0.345. The van der Waals surface area contributed by atoms with Crippen LogP contribution in [0, 0.1) is 13.8 Å². The normalized spacial score (nSPS) is 13.3. The Morgan fingerprint density at radius 2 is 1.88 bits per heavy atom. The van der Waals surface area contributed by atoms with Crippen LogP contribution in [-0.4, -0.2) is 29.9 Å². The molecule has 0 unspecified atom stereocenters. The molecule has 3 aromatic rings. The fourth-order valence-corrected chi connectivity index (χ4v) is 4.28. The zero-order valence-corrected chi connectivity index (χ0v) is 19.0. The van der Waals surface area contributed by atoms with Gasteiger partial charge in [0, 0.05) is 16.1 Å². The maximum atomic E-state index is 13.2. The standard InChI is InChI=1S/C25H23N3O3S/c1-15-10-20-22(11-16(15)2)28(25(31)13-21(27-20)23-8-5-9-32-23)14-24(30)26-19-7-4-6-18(12-19)17(3)29/h4-12H,13-14H2,1-3H3,(H,26,30). The summed E-state index contributed by atoms with van der Waals surface area (Å²) in [5.41, 5.74) is 5.11. The lowest BCUT2D eigenvalue weighted by Crippen LogP contribution is -2.38. The number of carbonyl (C=O) groups is 3. The van der Waals surface area contributed by atoms with Gasteiger partial charge in [-0.1, -0.05) is 18.2 Å².